The zero-order valence-electron chi connectivity index (χ0n) is 15.2. The van der Waals surface area contributed by atoms with Crippen molar-refractivity contribution in [1.82, 2.24) is 10.2 Å². The maximum atomic E-state index is 13.9. The first-order chi connectivity index (χ1) is 13.0. The zero-order valence-corrected chi connectivity index (χ0v) is 15.2. The molecule has 4 rings (SSSR count). The van der Waals surface area contributed by atoms with E-state index >= 15 is 0 Å². The second kappa shape index (κ2) is 7.32. The highest BCUT2D eigenvalue weighted by atomic mass is 19.1. The molecule has 1 fully saturated rings. The number of halogens is 1. The van der Waals surface area contributed by atoms with E-state index < -0.39 is 29.5 Å². The Morgan fingerprint density at radius 1 is 1.26 bits per heavy atom. The number of Topliss-reactive ketones (excluding diaryl/α,β-unsaturated/α-hetero) is 2. The number of hydrogen-bond donors (Lipinski definition) is 1. The fourth-order valence-corrected chi connectivity index (χ4v) is 3.71. The van der Waals surface area contributed by atoms with E-state index in [4.69, 9.17) is 4.74 Å². The van der Waals surface area contributed by atoms with Gasteiger partial charge in [-0.1, -0.05) is 12.1 Å². The fraction of sp³-hybridized carbons (Fsp3) is 0.450. The predicted molar refractivity (Wildman–Crippen MR) is 98.0 cm³/mol. The van der Waals surface area contributed by atoms with Crippen LogP contribution in [0, 0.1) is 12.7 Å². The number of hydrogen-bond acceptors (Lipinski definition) is 6. The van der Waals surface area contributed by atoms with Crippen LogP contribution in [-0.2, 0) is 14.3 Å². The van der Waals surface area contributed by atoms with E-state index in [2.05, 4.69) is 15.2 Å². The standard InChI is InChI=1S/C20H22FN3O3/c1-12-4-5-13(10-14(12)21)16-18(25)17-20(19(16)26)27-15(11-23-17)22-6-9-24-7-2-3-8-24/h4-5,10-11,15-16,22H,2-3,6-9H2,1H3/t15-,16+/m1/s1. The molecule has 0 saturated carbocycles. The van der Waals surface area contributed by atoms with Gasteiger partial charge in [0.25, 0.3) is 0 Å². The van der Waals surface area contributed by atoms with Crippen molar-refractivity contribution in [2.24, 2.45) is 4.99 Å². The van der Waals surface area contributed by atoms with Crippen LogP contribution in [-0.4, -0.2) is 55.1 Å². The van der Waals surface area contributed by atoms with Crippen molar-refractivity contribution >= 4 is 17.8 Å². The number of ether oxygens (including phenoxy) is 1. The Labute approximate surface area is 157 Å². The molecule has 1 aromatic carbocycles. The number of carbonyl (C=O) groups is 2. The molecule has 1 aromatic rings. The van der Waals surface area contributed by atoms with E-state index in [0.29, 0.717) is 17.7 Å². The minimum atomic E-state index is -1.08. The number of likely N-dealkylation sites (tertiary alicyclic amines) is 1. The minimum Gasteiger partial charge on any atom is -0.464 e. The normalized spacial score (nSPS) is 25.3. The third kappa shape index (κ3) is 3.44. The maximum Gasteiger partial charge on any atom is 0.215 e. The molecule has 7 heteroatoms. The van der Waals surface area contributed by atoms with Gasteiger partial charge in [0.1, 0.15) is 11.7 Å². The molecule has 2 heterocycles. The molecule has 3 aliphatic rings. The number of carbonyl (C=O) groups excluding carboxylic acids is 2. The number of allylic oxidation sites excluding steroid dienone is 2. The lowest BCUT2D eigenvalue weighted by molar-refractivity contribution is -0.124. The predicted octanol–water partition coefficient (Wildman–Crippen LogP) is 1.69. The molecule has 0 amide bonds. The molecule has 2 atom stereocenters. The molecule has 1 N–H and O–H groups in total. The van der Waals surface area contributed by atoms with Gasteiger partial charge in [0.05, 0.1) is 6.21 Å². The van der Waals surface area contributed by atoms with Gasteiger partial charge in [-0.25, -0.2) is 9.38 Å². The van der Waals surface area contributed by atoms with Gasteiger partial charge < -0.3 is 9.64 Å². The molecule has 27 heavy (non-hydrogen) atoms. The second-order valence-electron chi connectivity index (χ2n) is 7.17. The van der Waals surface area contributed by atoms with Crippen LogP contribution in [0.4, 0.5) is 4.39 Å². The first-order valence-corrected chi connectivity index (χ1v) is 9.30. The molecule has 6 nitrogen and oxygen atoms in total. The SMILES string of the molecule is Cc1ccc([C@H]2C(=O)C3=C(O[C@@H](NCCN4CCCC4)C=N3)C2=O)cc1F. The van der Waals surface area contributed by atoms with Crippen LogP contribution in [0.5, 0.6) is 0 Å². The Morgan fingerprint density at radius 3 is 2.78 bits per heavy atom. The van der Waals surface area contributed by atoms with Crippen molar-refractivity contribution in [3.8, 4) is 0 Å². The highest BCUT2D eigenvalue weighted by molar-refractivity contribution is 6.27. The van der Waals surface area contributed by atoms with E-state index in [1.165, 1.54) is 25.1 Å². The molecule has 1 aliphatic carbocycles. The first kappa shape index (κ1) is 18.0. The van der Waals surface area contributed by atoms with Crippen LogP contribution in [0.1, 0.15) is 29.9 Å². The number of aryl methyl sites for hydroxylation is 1. The largest absolute Gasteiger partial charge is 0.464 e. The van der Waals surface area contributed by atoms with Crippen molar-refractivity contribution in [2.75, 3.05) is 26.2 Å². The molecule has 0 radical (unpaired) electrons. The number of benzene rings is 1. The molecule has 142 valence electrons. The summed E-state index contributed by atoms with van der Waals surface area (Å²) in [6.07, 6.45) is 3.42. The van der Waals surface area contributed by atoms with Gasteiger partial charge in [-0.2, -0.15) is 0 Å². The molecule has 0 spiro atoms. The third-order valence-electron chi connectivity index (χ3n) is 5.28. The molecule has 1 saturated heterocycles. The molecular formula is C20H22FN3O3. The molecule has 0 bridgehead atoms. The average molecular weight is 371 g/mol. The highest BCUT2D eigenvalue weighted by Gasteiger charge is 2.45. The van der Waals surface area contributed by atoms with Crippen LogP contribution < -0.4 is 5.32 Å². The lowest BCUT2D eigenvalue weighted by Crippen LogP contribution is -2.40. The van der Waals surface area contributed by atoms with Crippen LogP contribution in [0.25, 0.3) is 0 Å². The minimum absolute atomic E-state index is 0.0212. The third-order valence-corrected chi connectivity index (χ3v) is 5.28. The van der Waals surface area contributed by atoms with Crippen molar-refractivity contribution < 1.29 is 18.7 Å². The average Bonchev–Trinajstić information content (AvgIpc) is 3.25. The van der Waals surface area contributed by atoms with Crippen LogP contribution in [0.3, 0.4) is 0 Å². The Morgan fingerprint density at radius 2 is 2.04 bits per heavy atom. The smallest absolute Gasteiger partial charge is 0.215 e. The summed E-state index contributed by atoms with van der Waals surface area (Å²) in [6, 6.07) is 4.41. The highest BCUT2D eigenvalue weighted by Crippen LogP contribution is 2.36. The summed E-state index contributed by atoms with van der Waals surface area (Å²) in [4.78, 5) is 31.9. The topological polar surface area (TPSA) is 71.0 Å². The first-order valence-electron chi connectivity index (χ1n) is 9.30. The van der Waals surface area contributed by atoms with Gasteiger partial charge in [-0.05, 0) is 50.0 Å². The number of ketones is 2. The quantitative estimate of drug-likeness (QED) is 0.798. The van der Waals surface area contributed by atoms with Gasteiger partial charge >= 0.3 is 0 Å². The van der Waals surface area contributed by atoms with E-state index in [1.807, 2.05) is 0 Å². The lowest BCUT2D eigenvalue weighted by Gasteiger charge is -2.21. The Hall–Kier alpha value is -2.38. The van der Waals surface area contributed by atoms with Gasteiger partial charge in [0, 0.05) is 13.1 Å². The monoisotopic (exact) mass is 371 g/mol. The molecule has 0 aromatic heterocycles. The second-order valence-corrected chi connectivity index (χ2v) is 7.17. The Kier molecular flexibility index (Phi) is 4.88. The summed E-state index contributed by atoms with van der Waals surface area (Å²) in [5.74, 6) is -2.44. The maximum absolute atomic E-state index is 13.9. The van der Waals surface area contributed by atoms with Crippen molar-refractivity contribution in [3.05, 3.63) is 46.6 Å². The summed E-state index contributed by atoms with van der Waals surface area (Å²) in [7, 11) is 0. The van der Waals surface area contributed by atoms with Crippen LogP contribution in [0.2, 0.25) is 0 Å². The summed E-state index contributed by atoms with van der Waals surface area (Å²) >= 11 is 0. The lowest BCUT2D eigenvalue weighted by atomic mass is 9.93. The van der Waals surface area contributed by atoms with Gasteiger partial charge in [0.2, 0.25) is 5.78 Å². The van der Waals surface area contributed by atoms with E-state index in [1.54, 1.807) is 19.1 Å². The summed E-state index contributed by atoms with van der Waals surface area (Å²) in [5, 5.41) is 3.20. The van der Waals surface area contributed by atoms with E-state index in [9.17, 15) is 14.0 Å². The summed E-state index contributed by atoms with van der Waals surface area (Å²) in [6.45, 7) is 5.45. The van der Waals surface area contributed by atoms with Gasteiger partial charge in [-0.15, -0.1) is 0 Å². The van der Waals surface area contributed by atoms with Crippen LogP contribution in [0.15, 0.2) is 34.6 Å². The molecule has 2 aliphatic heterocycles. The summed E-state index contributed by atoms with van der Waals surface area (Å²) < 4.78 is 19.6. The van der Waals surface area contributed by atoms with Gasteiger partial charge in [0.15, 0.2) is 23.5 Å². The Bertz CT molecular complexity index is 843. The van der Waals surface area contributed by atoms with Crippen LogP contribution >= 0.6 is 0 Å². The van der Waals surface area contributed by atoms with Crippen molar-refractivity contribution in [3.63, 3.8) is 0 Å². The van der Waals surface area contributed by atoms with Crippen molar-refractivity contribution in [2.45, 2.75) is 31.9 Å². The fourth-order valence-electron chi connectivity index (χ4n) is 3.71. The number of aliphatic imine (C=N–C) groups is 1. The number of rotatable bonds is 5. The Balaban J connectivity index is 1.42. The zero-order chi connectivity index (χ0) is 19.0. The summed E-state index contributed by atoms with van der Waals surface area (Å²) in [5.41, 5.74) is 0.828. The number of nitrogens with zero attached hydrogens (tertiary/aromatic N) is 2. The van der Waals surface area contributed by atoms with Crippen molar-refractivity contribution in [1.29, 1.82) is 0 Å². The molecule has 0 unspecified atom stereocenters. The van der Waals surface area contributed by atoms with Gasteiger partial charge in [-0.3, -0.25) is 14.9 Å². The number of nitrogens with one attached hydrogen (secondary N) is 1. The van der Waals surface area contributed by atoms with E-state index in [-0.39, 0.29) is 11.5 Å². The molecular weight excluding hydrogens is 349 g/mol. The van der Waals surface area contributed by atoms with E-state index in [0.717, 1.165) is 19.6 Å².